The summed E-state index contributed by atoms with van der Waals surface area (Å²) in [5.41, 5.74) is 11.9. The monoisotopic (exact) mass is 280 g/mol. The van der Waals surface area contributed by atoms with Gasteiger partial charge in [0.1, 0.15) is 11.5 Å². The molecular formula is C12H13ClN4O2. The van der Waals surface area contributed by atoms with Crippen LogP contribution in [-0.2, 0) is 0 Å². The van der Waals surface area contributed by atoms with Crippen LogP contribution in [0.5, 0.6) is 0 Å². The quantitative estimate of drug-likeness (QED) is 0.710. The molecule has 2 aromatic heterocycles. The van der Waals surface area contributed by atoms with E-state index < -0.39 is 0 Å². The summed E-state index contributed by atoms with van der Waals surface area (Å²) in [6, 6.07) is 4.66. The van der Waals surface area contributed by atoms with Gasteiger partial charge in [0.05, 0.1) is 16.3 Å². The predicted octanol–water partition coefficient (Wildman–Crippen LogP) is 1.13. The summed E-state index contributed by atoms with van der Waals surface area (Å²) in [6.07, 6.45) is 2.86. The van der Waals surface area contributed by atoms with E-state index in [-0.39, 0.29) is 28.5 Å². The number of halogens is 1. The lowest BCUT2D eigenvalue weighted by Gasteiger charge is -2.05. The van der Waals surface area contributed by atoms with Crippen LogP contribution in [0.3, 0.4) is 0 Å². The van der Waals surface area contributed by atoms with E-state index in [1.165, 1.54) is 18.5 Å². The van der Waals surface area contributed by atoms with Gasteiger partial charge >= 0.3 is 0 Å². The van der Waals surface area contributed by atoms with E-state index in [1.54, 1.807) is 12.1 Å². The molecule has 6 nitrogen and oxygen atoms in total. The number of ketones is 1. The minimum atomic E-state index is -0.371. The van der Waals surface area contributed by atoms with E-state index in [4.69, 9.17) is 28.2 Å². The van der Waals surface area contributed by atoms with E-state index >= 15 is 0 Å². The van der Waals surface area contributed by atoms with Gasteiger partial charge in [-0.05, 0) is 18.2 Å². The molecule has 0 aliphatic rings. The number of pyridine rings is 2. The highest BCUT2D eigenvalue weighted by atomic mass is 35.5. The Kier molecular flexibility index (Phi) is 5.23. The molecule has 0 aromatic carbocycles. The van der Waals surface area contributed by atoms with Crippen molar-refractivity contribution in [2.24, 2.45) is 0 Å². The lowest BCUT2D eigenvalue weighted by molar-refractivity contribution is 0.103. The zero-order chi connectivity index (χ0) is 14.4. The molecule has 7 heteroatoms. The molecule has 0 spiro atoms. The van der Waals surface area contributed by atoms with Crippen LogP contribution in [0.2, 0.25) is 5.02 Å². The highest BCUT2D eigenvalue weighted by Gasteiger charge is 2.17. The topological polar surface area (TPSA) is 115 Å². The third kappa shape index (κ3) is 3.40. The lowest BCUT2D eigenvalue weighted by atomic mass is 10.1. The Bertz CT molecular complexity index is 590. The van der Waals surface area contributed by atoms with Gasteiger partial charge in [-0.1, -0.05) is 11.6 Å². The van der Waals surface area contributed by atoms with Crippen LogP contribution in [0.15, 0.2) is 30.6 Å². The summed E-state index contributed by atoms with van der Waals surface area (Å²) in [7, 11) is 1.00. The molecule has 0 amide bonds. The second-order valence-corrected chi connectivity index (χ2v) is 3.79. The normalized spacial score (nSPS) is 9.42. The molecule has 0 saturated carbocycles. The van der Waals surface area contributed by atoms with Crippen LogP contribution >= 0.6 is 11.6 Å². The second-order valence-electron chi connectivity index (χ2n) is 3.36. The molecule has 100 valence electrons. The third-order valence-electron chi connectivity index (χ3n) is 2.18. The van der Waals surface area contributed by atoms with Gasteiger partial charge in [0.25, 0.3) is 0 Å². The average molecular weight is 281 g/mol. The maximum atomic E-state index is 12.1. The van der Waals surface area contributed by atoms with Crippen molar-refractivity contribution in [3.8, 4) is 0 Å². The number of carbonyl (C=O) groups is 1. The van der Waals surface area contributed by atoms with Crippen molar-refractivity contribution in [3.05, 3.63) is 46.9 Å². The van der Waals surface area contributed by atoms with Crippen molar-refractivity contribution in [2.45, 2.75) is 0 Å². The summed E-state index contributed by atoms with van der Waals surface area (Å²) in [4.78, 5) is 19.8. The zero-order valence-electron chi connectivity index (χ0n) is 10.2. The number of aliphatic hydroxyl groups excluding tert-OH is 1. The van der Waals surface area contributed by atoms with Crippen LogP contribution in [0.25, 0.3) is 0 Å². The first-order valence-electron chi connectivity index (χ1n) is 5.20. The molecule has 19 heavy (non-hydrogen) atoms. The number of aliphatic hydroxyl groups is 1. The summed E-state index contributed by atoms with van der Waals surface area (Å²) in [5, 5.41) is 7.37. The number of rotatable bonds is 2. The molecule has 0 unspecified atom stereocenters. The number of carbonyl (C=O) groups excluding carboxylic acids is 1. The standard InChI is InChI=1S/C11H9ClN4O.CH4O/c12-6-4-8(13)9(16-5-6)10(17)7-2-1-3-15-11(7)14;1-2/h1-5H,13H2,(H2,14,15);2H,1H3. The van der Waals surface area contributed by atoms with Gasteiger partial charge < -0.3 is 16.6 Å². The largest absolute Gasteiger partial charge is 0.400 e. The molecule has 2 rings (SSSR count). The molecular weight excluding hydrogens is 268 g/mol. The minimum absolute atomic E-state index is 0.120. The molecule has 0 atom stereocenters. The molecule has 0 saturated heterocycles. The number of nitrogens with two attached hydrogens (primary N) is 2. The Labute approximate surface area is 115 Å². The van der Waals surface area contributed by atoms with E-state index in [9.17, 15) is 4.79 Å². The van der Waals surface area contributed by atoms with Crippen molar-refractivity contribution in [1.82, 2.24) is 9.97 Å². The molecule has 0 bridgehead atoms. The number of hydrogen-bond donors (Lipinski definition) is 3. The van der Waals surface area contributed by atoms with Crippen LogP contribution in [-0.4, -0.2) is 28.0 Å². The predicted molar refractivity (Wildman–Crippen MR) is 73.9 cm³/mol. The summed E-state index contributed by atoms with van der Waals surface area (Å²) in [6.45, 7) is 0. The molecule has 0 fully saturated rings. The first kappa shape index (κ1) is 14.9. The summed E-state index contributed by atoms with van der Waals surface area (Å²) < 4.78 is 0. The maximum absolute atomic E-state index is 12.1. The Morgan fingerprint density at radius 3 is 2.58 bits per heavy atom. The van der Waals surface area contributed by atoms with Crippen molar-refractivity contribution in [2.75, 3.05) is 18.6 Å². The zero-order valence-corrected chi connectivity index (χ0v) is 10.9. The SMILES string of the molecule is CO.Nc1cc(Cl)cnc1C(=O)c1cccnc1N. The van der Waals surface area contributed by atoms with Gasteiger partial charge in [-0.15, -0.1) is 0 Å². The Hall–Kier alpha value is -2.18. The van der Waals surface area contributed by atoms with E-state index in [2.05, 4.69) is 9.97 Å². The second kappa shape index (κ2) is 6.67. The minimum Gasteiger partial charge on any atom is -0.400 e. The smallest absolute Gasteiger partial charge is 0.217 e. The fourth-order valence-electron chi connectivity index (χ4n) is 1.38. The Balaban J connectivity index is 0.000000861. The van der Waals surface area contributed by atoms with Crippen LogP contribution in [0, 0.1) is 0 Å². The molecule has 2 aromatic rings. The average Bonchev–Trinajstić information content (AvgIpc) is 2.41. The van der Waals surface area contributed by atoms with Gasteiger partial charge in [-0.3, -0.25) is 4.79 Å². The Morgan fingerprint density at radius 1 is 1.32 bits per heavy atom. The van der Waals surface area contributed by atoms with Crippen LogP contribution in [0.4, 0.5) is 11.5 Å². The molecule has 0 aliphatic carbocycles. The third-order valence-corrected chi connectivity index (χ3v) is 2.39. The first-order chi connectivity index (χ1) is 9.09. The van der Waals surface area contributed by atoms with E-state index in [1.807, 2.05) is 0 Å². The van der Waals surface area contributed by atoms with Crippen LogP contribution < -0.4 is 11.5 Å². The van der Waals surface area contributed by atoms with Crippen molar-refractivity contribution in [1.29, 1.82) is 0 Å². The molecule has 0 aliphatic heterocycles. The van der Waals surface area contributed by atoms with Gasteiger partial charge in [0, 0.05) is 19.5 Å². The van der Waals surface area contributed by atoms with Crippen molar-refractivity contribution in [3.63, 3.8) is 0 Å². The number of nitrogen functional groups attached to an aromatic ring is 2. The van der Waals surface area contributed by atoms with Gasteiger partial charge in [0.2, 0.25) is 5.78 Å². The highest BCUT2D eigenvalue weighted by molar-refractivity contribution is 6.31. The summed E-state index contributed by atoms with van der Waals surface area (Å²) >= 11 is 5.71. The van der Waals surface area contributed by atoms with Crippen molar-refractivity contribution >= 4 is 28.9 Å². The number of anilines is 2. The maximum Gasteiger partial charge on any atom is 0.217 e. The van der Waals surface area contributed by atoms with Gasteiger partial charge in [0.15, 0.2) is 0 Å². The number of aromatic nitrogens is 2. The molecule has 5 N–H and O–H groups in total. The highest BCUT2D eigenvalue weighted by Crippen LogP contribution is 2.20. The van der Waals surface area contributed by atoms with E-state index in [0.717, 1.165) is 7.11 Å². The van der Waals surface area contributed by atoms with Gasteiger partial charge in [-0.2, -0.15) is 0 Å². The first-order valence-corrected chi connectivity index (χ1v) is 5.58. The number of hydrogen-bond acceptors (Lipinski definition) is 6. The van der Waals surface area contributed by atoms with E-state index in [0.29, 0.717) is 5.02 Å². The molecule has 0 radical (unpaired) electrons. The fourth-order valence-corrected chi connectivity index (χ4v) is 1.55. The fraction of sp³-hybridized carbons (Fsp3) is 0.0833. The van der Waals surface area contributed by atoms with Crippen molar-refractivity contribution < 1.29 is 9.90 Å². The molecule has 2 heterocycles. The van der Waals surface area contributed by atoms with Crippen LogP contribution in [0.1, 0.15) is 16.1 Å². The Morgan fingerprint density at radius 2 is 2.00 bits per heavy atom. The van der Waals surface area contributed by atoms with Gasteiger partial charge in [-0.25, -0.2) is 9.97 Å². The summed E-state index contributed by atoms with van der Waals surface area (Å²) in [5.74, 6) is -0.224. The lowest BCUT2D eigenvalue weighted by Crippen LogP contribution is -2.11. The number of nitrogens with zero attached hydrogens (tertiary/aromatic N) is 2.